The summed E-state index contributed by atoms with van der Waals surface area (Å²) in [5.74, 6) is 0. The molecule has 1 aromatic heterocycles. The lowest BCUT2D eigenvalue weighted by Gasteiger charge is -2.01. The molecule has 0 aliphatic rings. The van der Waals surface area contributed by atoms with Gasteiger partial charge in [-0.25, -0.2) is 4.68 Å². The monoisotopic (exact) mass is 246 g/mol. The van der Waals surface area contributed by atoms with Crippen molar-refractivity contribution < 1.29 is 0 Å². The first-order valence-corrected chi connectivity index (χ1v) is 8.65. The third-order valence-corrected chi connectivity index (χ3v) is 4.58. The molecule has 1 aromatic carbocycles. The Kier molecular flexibility index (Phi) is 3.03. The molecule has 0 fully saturated rings. The van der Waals surface area contributed by atoms with E-state index in [1.165, 1.54) is 3.69 Å². The highest BCUT2D eigenvalue weighted by atomic mass is 79.9. The zero-order valence-corrected chi connectivity index (χ0v) is 10.0. The summed E-state index contributed by atoms with van der Waals surface area (Å²) in [6, 6.07) is 10.4. The van der Waals surface area contributed by atoms with Gasteiger partial charge in [-0.1, -0.05) is 12.1 Å². The van der Waals surface area contributed by atoms with Crippen LogP contribution in [-0.2, 0) is 0 Å². The minimum absolute atomic E-state index is 0.209. The van der Waals surface area contributed by atoms with Crippen LogP contribution in [0, 0.1) is 0 Å². The fourth-order valence-corrected chi connectivity index (χ4v) is 2.69. The predicted molar refractivity (Wildman–Crippen MR) is 57.9 cm³/mol. The van der Waals surface area contributed by atoms with E-state index in [2.05, 4.69) is 42.2 Å². The molecule has 2 aromatic rings. The Bertz CT molecular complexity index is 369. The molecule has 0 radical (unpaired) electrons. The molecule has 0 unspecified atom stereocenters. The van der Waals surface area contributed by atoms with Gasteiger partial charge in [0.25, 0.3) is 0 Å². The highest BCUT2D eigenvalue weighted by molar-refractivity contribution is 9.23. The first-order chi connectivity index (χ1) is 6.40. The zero-order chi connectivity index (χ0) is 9.10. The number of benzene rings is 1. The van der Waals surface area contributed by atoms with Gasteiger partial charge in [0.15, 0.2) is 0 Å². The quantitative estimate of drug-likeness (QED) is 0.736. The molecule has 2 rings (SSSR count). The van der Waals surface area contributed by atoms with Crippen molar-refractivity contribution >= 4 is 34.8 Å². The van der Waals surface area contributed by atoms with E-state index in [-0.39, 0.29) is 18.2 Å². The number of hydrogen-bond acceptors (Lipinski definition) is 1. The molecule has 13 heavy (non-hydrogen) atoms. The molecule has 0 N–H and O–H groups in total. The molecular formula is C9H7BrMgN2. The molecule has 0 saturated heterocycles. The van der Waals surface area contributed by atoms with Crippen LogP contribution in [-0.4, -0.2) is 28.0 Å². The Morgan fingerprint density at radius 2 is 2.00 bits per heavy atom. The second kappa shape index (κ2) is 4.26. The Hall–Kier alpha value is -0.324. The summed E-state index contributed by atoms with van der Waals surface area (Å²) < 4.78 is 3.27. The van der Waals surface area contributed by atoms with Gasteiger partial charge < -0.3 is 0 Å². The van der Waals surface area contributed by atoms with E-state index in [1.54, 1.807) is 6.20 Å². The maximum Gasteiger partial charge on any atom is 0.506 e. The van der Waals surface area contributed by atoms with Gasteiger partial charge in [0, 0.05) is 12.4 Å². The molecule has 0 spiro atoms. The molecule has 4 heteroatoms. The van der Waals surface area contributed by atoms with Gasteiger partial charge in [0.05, 0.1) is 5.69 Å². The molecule has 0 aliphatic heterocycles. The SMILES string of the molecule is [Br][Mg][c]1ccc(-n2cccn2)cc1. The lowest BCUT2D eigenvalue weighted by atomic mass is 10.3. The van der Waals surface area contributed by atoms with Gasteiger partial charge in [0.2, 0.25) is 0 Å². The van der Waals surface area contributed by atoms with Crippen LogP contribution in [0.25, 0.3) is 5.69 Å². The van der Waals surface area contributed by atoms with E-state index >= 15 is 0 Å². The Morgan fingerprint density at radius 3 is 2.54 bits per heavy atom. The second-order valence-corrected chi connectivity index (χ2v) is 5.52. The van der Waals surface area contributed by atoms with Gasteiger partial charge in [0.1, 0.15) is 0 Å². The van der Waals surface area contributed by atoms with Crippen molar-refractivity contribution in [1.82, 2.24) is 9.78 Å². The van der Waals surface area contributed by atoms with E-state index in [4.69, 9.17) is 0 Å². The van der Waals surface area contributed by atoms with E-state index < -0.39 is 0 Å². The van der Waals surface area contributed by atoms with Crippen LogP contribution in [0.2, 0.25) is 0 Å². The predicted octanol–water partition coefficient (Wildman–Crippen LogP) is 1.51. The van der Waals surface area contributed by atoms with Crippen LogP contribution in [0.3, 0.4) is 0 Å². The van der Waals surface area contributed by atoms with E-state index in [9.17, 15) is 0 Å². The third kappa shape index (κ3) is 2.13. The molecule has 1 heterocycles. The minimum Gasteiger partial charge on any atom is -0.296 e. The fraction of sp³-hybridized carbons (Fsp3) is 0. The maximum absolute atomic E-state index is 4.16. The van der Waals surface area contributed by atoms with Gasteiger partial charge in [-0.2, -0.15) is 8.79 Å². The summed E-state index contributed by atoms with van der Waals surface area (Å²) in [6.07, 6.45) is 3.73. The molecule has 0 bridgehead atoms. The lowest BCUT2D eigenvalue weighted by Crippen LogP contribution is -2.07. The number of aromatic nitrogens is 2. The summed E-state index contributed by atoms with van der Waals surface area (Å²) in [6.45, 7) is 0. The van der Waals surface area contributed by atoms with E-state index in [0.717, 1.165) is 5.69 Å². The lowest BCUT2D eigenvalue weighted by molar-refractivity contribution is 0.881. The summed E-state index contributed by atoms with van der Waals surface area (Å²) in [7, 11) is 0. The first-order valence-electron chi connectivity index (χ1n) is 4.05. The normalized spacial score (nSPS) is 9.62. The van der Waals surface area contributed by atoms with Gasteiger partial charge >= 0.3 is 18.2 Å². The third-order valence-electron chi connectivity index (χ3n) is 1.86. The van der Waals surface area contributed by atoms with Gasteiger partial charge in [-0.15, -0.1) is 0 Å². The van der Waals surface area contributed by atoms with E-state index in [0.29, 0.717) is 0 Å². The summed E-state index contributed by atoms with van der Waals surface area (Å²) >= 11 is 3.34. The van der Waals surface area contributed by atoms with Crippen LogP contribution < -0.4 is 3.69 Å². The summed E-state index contributed by atoms with van der Waals surface area (Å²) in [4.78, 5) is 0. The standard InChI is InChI=1S/C9H7N2.BrH.Mg/c1-2-5-9(6-3-1)11-8-4-7-10-11;;/h2-8H;1H;/q;;+1/p-1. The van der Waals surface area contributed by atoms with Crippen molar-refractivity contribution in [3.05, 3.63) is 42.7 Å². The van der Waals surface area contributed by atoms with Crippen molar-refractivity contribution in [2.75, 3.05) is 0 Å². The second-order valence-electron chi connectivity index (χ2n) is 2.75. The van der Waals surface area contributed by atoms with Crippen molar-refractivity contribution in [3.8, 4) is 5.69 Å². The van der Waals surface area contributed by atoms with Crippen LogP contribution in [0.1, 0.15) is 0 Å². The average molecular weight is 247 g/mol. The Morgan fingerprint density at radius 1 is 1.23 bits per heavy atom. The smallest absolute Gasteiger partial charge is 0.296 e. The molecule has 0 atom stereocenters. The molecular weight excluding hydrogens is 240 g/mol. The van der Waals surface area contributed by atoms with Gasteiger partial charge in [-0.05, 0) is 18.2 Å². The van der Waals surface area contributed by atoms with Crippen molar-refractivity contribution in [1.29, 1.82) is 0 Å². The topological polar surface area (TPSA) is 17.8 Å². The molecule has 2 nitrogen and oxygen atoms in total. The highest BCUT2D eigenvalue weighted by Crippen LogP contribution is 2.03. The summed E-state index contributed by atoms with van der Waals surface area (Å²) in [5, 5.41) is 4.16. The van der Waals surface area contributed by atoms with Crippen LogP contribution in [0.5, 0.6) is 0 Å². The summed E-state index contributed by atoms with van der Waals surface area (Å²) in [5.41, 5.74) is 1.11. The van der Waals surface area contributed by atoms with Crippen LogP contribution in [0.4, 0.5) is 0 Å². The first kappa shape index (κ1) is 9.24. The molecule has 0 aliphatic carbocycles. The molecule has 0 amide bonds. The zero-order valence-electron chi connectivity index (χ0n) is 7.02. The van der Waals surface area contributed by atoms with Crippen LogP contribution in [0.15, 0.2) is 42.7 Å². The van der Waals surface area contributed by atoms with Gasteiger partial charge in [-0.3, -0.25) is 12.9 Å². The van der Waals surface area contributed by atoms with Crippen LogP contribution >= 0.6 is 12.9 Å². The number of nitrogens with zero attached hydrogens (tertiary/aromatic N) is 2. The van der Waals surface area contributed by atoms with E-state index in [1.807, 2.05) is 16.9 Å². The number of hydrogen-bond donors (Lipinski definition) is 0. The highest BCUT2D eigenvalue weighted by Gasteiger charge is 1.97. The van der Waals surface area contributed by atoms with Crippen molar-refractivity contribution in [3.63, 3.8) is 0 Å². The minimum atomic E-state index is -0.209. The maximum atomic E-state index is 4.16. The van der Waals surface area contributed by atoms with Crippen molar-refractivity contribution in [2.45, 2.75) is 0 Å². The largest absolute Gasteiger partial charge is 0.506 e. The number of halogens is 1. The Labute approximate surface area is 92.5 Å². The number of rotatable bonds is 2. The molecule has 0 saturated carbocycles. The Balaban J connectivity index is 2.33. The molecule has 62 valence electrons. The fourth-order valence-electron chi connectivity index (χ4n) is 1.16. The van der Waals surface area contributed by atoms with Crippen molar-refractivity contribution in [2.24, 2.45) is 0 Å². The average Bonchev–Trinajstić information content (AvgIpc) is 2.71.